The summed E-state index contributed by atoms with van der Waals surface area (Å²) < 4.78 is 0. The first-order valence-electron chi connectivity index (χ1n) is 3.92. The zero-order valence-electron chi connectivity index (χ0n) is 7.97. The second kappa shape index (κ2) is 4.34. The van der Waals surface area contributed by atoms with Crippen LogP contribution in [0.25, 0.3) is 0 Å². The van der Waals surface area contributed by atoms with E-state index < -0.39 is 0 Å². The van der Waals surface area contributed by atoms with Gasteiger partial charge in [0.15, 0.2) is 0 Å². The molecule has 0 bridgehead atoms. The Morgan fingerprint density at radius 3 is 2.38 bits per heavy atom. The standard InChI is InChI=1S/C7H14N6/c1-8-5-4-11-6(9-2)13-7(10-3)12-5/h4,8H,1-3H3,(H3,9,10,11,12,13). The summed E-state index contributed by atoms with van der Waals surface area (Å²) in [5.41, 5.74) is 0. The number of nitrogens with one attached hydrogen (secondary N) is 4. The lowest BCUT2D eigenvalue weighted by atomic mass is 10.7. The second-order valence-corrected chi connectivity index (χ2v) is 2.35. The minimum absolute atomic E-state index is 0.645. The van der Waals surface area contributed by atoms with Crippen molar-refractivity contribution in [1.82, 2.24) is 21.3 Å². The lowest BCUT2D eigenvalue weighted by Crippen LogP contribution is -2.42. The van der Waals surface area contributed by atoms with E-state index in [0.717, 1.165) is 5.82 Å². The van der Waals surface area contributed by atoms with Crippen molar-refractivity contribution in [3.8, 4) is 0 Å². The number of nitrogens with zero attached hydrogens (tertiary/aromatic N) is 2. The highest BCUT2D eigenvalue weighted by Crippen LogP contribution is 1.85. The first-order valence-corrected chi connectivity index (χ1v) is 3.92. The average Bonchev–Trinajstić information content (AvgIpc) is 2.39. The number of guanidine groups is 2. The fourth-order valence-electron chi connectivity index (χ4n) is 0.851. The lowest BCUT2D eigenvalue weighted by Gasteiger charge is -2.08. The molecule has 0 unspecified atom stereocenters. The minimum Gasteiger partial charge on any atom is -0.373 e. The Morgan fingerprint density at radius 2 is 1.85 bits per heavy atom. The third-order valence-corrected chi connectivity index (χ3v) is 1.56. The van der Waals surface area contributed by atoms with Gasteiger partial charge < -0.3 is 16.0 Å². The highest BCUT2D eigenvalue weighted by Gasteiger charge is 2.07. The van der Waals surface area contributed by atoms with Crippen LogP contribution in [-0.2, 0) is 0 Å². The molecule has 0 fully saturated rings. The Balaban J connectivity index is 2.82. The van der Waals surface area contributed by atoms with Crippen molar-refractivity contribution < 1.29 is 0 Å². The topological polar surface area (TPSA) is 72.8 Å². The van der Waals surface area contributed by atoms with Crippen LogP contribution in [0.3, 0.4) is 0 Å². The molecule has 0 aromatic rings. The van der Waals surface area contributed by atoms with Crippen LogP contribution in [0.2, 0.25) is 0 Å². The first kappa shape index (κ1) is 9.37. The third-order valence-electron chi connectivity index (χ3n) is 1.56. The Kier molecular flexibility index (Phi) is 3.13. The van der Waals surface area contributed by atoms with Gasteiger partial charge in [0.1, 0.15) is 5.82 Å². The van der Waals surface area contributed by atoms with E-state index in [2.05, 4.69) is 31.3 Å². The zero-order chi connectivity index (χ0) is 9.68. The van der Waals surface area contributed by atoms with Gasteiger partial charge in [0.2, 0.25) is 11.9 Å². The van der Waals surface area contributed by atoms with E-state index in [-0.39, 0.29) is 0 Å². The summed E-state index contributed by atoms with van der Waals surface area (Å²) >= 11 is 0. The summed E-state index contributed by atoms with van der Waals surface area (Å²) in [6.07, 6.45) is 1.77. The molecule has 0 saturated carbocycles. The molecule has 0 aromatic carbocycles. The highest BCUT2D eigenvalue weighted by molar-refractivity contribution is 6.00. The van der Waals surface area contributed by atoms with E-state index in [9.17, 15) is 0 Å². The molecule has 0 amide bonds. The summed E-state index contributed by atoms with van der Waals surface area (Å²) in [6, 6.07) is 0. The second-order valence-electron chi connectivity index (χ2n) is 2.35. The van der Waals surface area contributed by atoms with Crippen LogP contribution in [0, 0.1) is 0 Å². The van der Waals surface area contributed by atoms with Gasteiger partial charge in [-0.3, -0.25) is 15.3 Å². The van der Waals surface area contributed by atoms with Crippen LogP contribution in [0.1, 0.15) is 0 Å². The number of hydrogen-bond donors (Lipinski definition) is 4. The molecule has 1 aliphatic rings. The number of hydrogen-bond acceptors (Lipinski definition) is 3. The quantitative estimate of drug-likeness (QED) is 0.409. The molecule has 1 rings (SSSR count). The maximum absolute atomic E-state index is 4.00. The van der Waals surface area contributed by atoms with Crippen molar-refractivity contribution in [3.63, 3.8) is 0 Å². The Bertz CT molecular complexity index is 264. The van der Waals surface area contributed by atoms with Crippen molar-refractivity contribution in [2.75, 3.05) is 21.1 Å². The van der Waals surface area contributed by atoms with Crippen LogP contribution in [0.4, 0.5) is 0 Å². The van der Waals surface area contributed by atoms with Crippen molar-refractivity contribution >= 4 is 11.9 Å². The van der Waals surface area contributed by atoms with E-state index in [0.29, 0.717) is 11.9 Å². The fraction of sp³-hybridized carbons (Fsp3) is 0.429. The molecule has 1 heterocycles. The van der Waals surface area contributed by atoms with Crippen molar-refractivity contribution in [2.45, 2.75) is 0 Å². The van der Waals surface area contributed by atoms with Gasteiger partial charge in [-0.15, -0.1) is 0 Å². The predicted molar refractivity (Wildman–Crippen MR) is 53.3 cm³/mol. The van der Waals surface area contributed by atoms with Gasteiger partial charge in [-0.05, 0) is 0 Å². The van der Waals surface area contributed by atoms with E-state index in [4.69, 9.17) is 0 Å². The molecule has 0 radical (unpaired) electrons. The summed E-state index contributed by atoms with van der Waals surface area (Å²) in [4.78, 5) is 7.97. The molecule has 0 aromatic heterocycles. The van der Waals surface area contributed by atoms with Crippen LogP contribution in [-0.4, -0.2) is 33.1 Å². The molecular formula is C7H14N6. The molecule has 0 saturated heterocycles. The lowest BCUT2D eigenvalue weighted by molar-refractivity contribution is 0.878. The largest absolute Gasteiger partial charge is 0.373 e. The van der Waals surface area contributed by atoms with Crippen molar-refractivity contribution in [1.29, 1.82) is 0 Å². The van der Waals surface area contributed by atoms with Crippen molar-refractivity contribution in [3.05, 3.63) is 12.0 Å². The SMILES string of the molecule is CN=C1NC=C(NC)NC(=NC)N1. The minimum atomic E-state index is 0.645. The van der Waals surface area contributed by atoms with Crippen LogP contribution >= 0.6 is 0 Å². The summed E-state index contributed by atoms with van der Waals surface area (Å²) in [6.45, 7) is 0. The first-order chi connectivity index (χ1) is 6.30. The Hall–Kier alpha value is -1.72. The third kappa shape index (κ3) is 2.36. The molecule has 0 aliphatic carbocycles. The Labute approximate surface area is 77.2 Å². The van der Waals surface area contributed by atoms with Gasteiger partial charge in [0.05, 0.1) is 0 Å². The van der Waals surface area contributed by atoms with Gasteiger partial charge in [-0.2, -0.15) is 0 Å². The van der Waals surface area contributed by atoms with Crippen LogP contribution < -0.4 is 21.3 Å². The molecule has 6 nitrogen and oxygen atoms in total. The monoisotopic (exact) mass is 182 g/mol. The molecule has 6 heteroatoms. The average molecular weight is 182 g/mol. The smallest absolute Gasteiger partial charge is 0.203 e. The zero-order valence-corrected chi connectivity index (χ0v) is 7.97. The maximum atomic E-state index is 4.00. The molecule has 4 N–H and O–H groups in total. The molecular weight excluding hydrogens is 168 g/mol. The van der Waals surface area contributed by atoms with Gasteiger partial charge in [-0.25, -0.2) is 0 Å². The molecule has 72 valence electrons. The van der Waals surface area contributed by atoms with E-state index in [1.54, 1.807) is 20.3 Å². The Morgan fingerprint density at radius 1 is 1.15 bits per heavy atom. The predicted octanol–water partition coefficient (Wildman–Crippen LogP) is -1.24. The van der Waals surface area contributed by atoms with Gasteiger partial charge in [-0.1, -0.05) is 0 Å². The summed E-state index contributed by atoms with van der Waals surface area (Å²) in [5, 5.41) is 11.9. The molecule has 13 heavy (non-hydrogen) atoms. The highest BCUT2D eigenvalue weighted by atomic mass is 15.3. The van der Waals surface area contributed by atoms with Gasteiger partial charge in [0, 0.05) is 27.3 Å². The molecule has 0 spiro atoms. The number of aliphatic imine (C=N–C) groups is 2. The van der Waals surface area contributed by atoms with E-state index >= 15 is 0 Å². The van der Waals surface area contributed by atoms with E-state index in [1.165, 1.54) is 0 Å². The van der Waals surface area contributed by atoms with Crippen LogP contribution in [0.15, 0.2) is 22.0 Å². The summed E-state index contributed by atoms with van der Waals surface area (Å²) in [5.74, 6) is 2.12. The van der Waals surface area contributed by atoms with Gasteiger partial charge in [0.25, 0.3) is 0 Å². The van der Waals surface area contributed by atoms with E-state index in [1.807, 2.05) is 7.05 Å². The molecule has 1 aliphatic heterocycles. The maximum Gasteiger partial charge on any atom is 0.203 e. The number of rotatable bonds is 1. The normalized spacial score (nSPS) is 22.5. The van der Waals surface area contributed by atoms with Gasteiger partial charge >= 0.3 is 0 Å². The molecule has 0 atom stereocenters. The van der Waals surface area contributed by atoms with Crippen LogP contribution in [0.5, 0.6) is 0 Å². The fourth-order valence-corrected chi connectivity index (χ4v) is 0.851. The summed E-state index contributed by atoms with van der Waals surface area (Å²) in [7, 11) is 5.21. The van der Waals surface area contributed by atoms with Crippen molar-refractivity contribution in [2.24, 2.45) is 9.98 Å².